The number of benzene rings is 1. The van der Waals surface area contributed by atoms with Gasteiger partial charge >= 0.3 is 0 Å². The van der Waals surface area contributed by atoms with E-state index in [1.165, 1.54) is 22.5 Å². The average Bonchev–Trinajstić information content (AvgIpc) is 3.78. The summed E-state index contributed by atoms with van der Waals surface area (Å²) < 4.78 is 13.5. The largest absolute Gasteiger partial charge is 0.349 e. The molecule has 0 unspecified atom stereocenters. The Morgan fingerprint density at radius 3 is 2.81 bits per heavy atom. The molecule has 3 heterocycles. The maximum Gasteiger partial charge on any atom is 0.256 e. The molecule has 188 valence electrons. The Kier molecular flexibility index (Phi) is 5.68. The number of hydrogen-bond acceptors (Lipinski definition) is 8. The van der Waals surface area contributed by atoms with Gasteiger partial charge in [-0.05, 0) is 75.8 Å². The molecular weight excluding hydrogens is 477 g/mol. The number of fused-ring (bicyclic) bond motifs is 1. The Hall–Kier alpha value is -3.11. The summed E-state index contributed by atoms with van der Waals surface area (Å²) in [5.74, 6) is 0.544. The number of amides is 1. The van der Waals surface area contributed by atoms with Crippen molar-refractivity contribution in [2.24, 2.45) is 0 Å². The lowest BCUT2D eigenvalue weighted by atomic mass is 9.85. The molecule has 0 saturated heterocycles. The minimum Gasteiger partial charge on any atom is -0.349 e. The predicted molar refractivity (Wildman–Crippen MR) is 139 cm³/mol. The van der Waals surface area contributed by atoms with Crippen molar-refractivity contribution in [3.63, 3.8) is 0 Å². The van der Waals surface area contributed by atoms with Gasteiger partial charge in [-0.3, -0.25) is 9.18 Å². The third-order valence-electron chi connectivity index (χ3n) is 7.32. The first-order chi connectivity index (χ1) is 17.3. The van der Waals surface area contributed by atoms with Gasteiger partial charge in [-0.25, -0.2) is 9.97 Å². The number of alkyl halides is 1. The minimum atomic E-state index is -0.433. The lowest BCUT2D eigenvalue weighted by Crippen LogP contribution is -2.42. The molecule has 1 aliphatic heterocycles. The van der Waals surface area contributed by atoms with Crippen LogP contribution in [0.2, 0.25) is 0 Å². The van der Waals surface area contributed by atoms with Crippen molar-refractivity contribution in [3.8, 4) is 0 Å². The summed E-state index contributed by atoms with van der Waals surface area (Å²) in [4.78, 5) is 26.6. The SMILES string of the molecule is CC1(C)NCCc2cc(Nc3ncc(C(=O)NC4CC4)c(Nc4nc(C5(CF)CC5)cs4)n3)ccc21. The van der Waals surface area contributed by atoms with Crippen LogP contribution in [0.4, 0.5) is 27.0 Å². The fourth-order valence-electron chi connectivity index (χ4n) is 4.70. The Balaban J connectivity index is 1.27. The molecule has 1 amide bonds. The number of aromatic nitrogens is 3. The molecule has 0 radical (unpaired) electrons. The monoisotopic (exact) mass is 507 g/mol. The van der Waals surface area contributed by atoms with Crippen LogP contribution < -0.4 is 21.3 Å². The number of nitrogens with zero attached hydrogens (tertiary/aromatic N) is 3. The Morgan fingerprint density at radius 1 is 1.22 bits per heavy atom. The summed E-state index contributed by atoms with van der Waals surface area (Å²) in [6, 6.07) is 6.51. The lowest BCUT2D eigenvalue weighted by molar-refractivity contribution is 0.0951. The smallest absolute Gasteiger partial charge is 0.256 e. The van der Waals surface area contributed by atoms with E-state index in [-0.39, 0.29) is 17.5 Å². The highest BCUT2D eigenvalue weighted by molar-refractivity contribution is 7.13. The molecule has 6 rings (SSSR count). The topological polar surface area (TPSA) is 104 Å². The summed E-state index contributed by atoms with van der Waals surface area (Å²) in [6.07, 6.45) is 6.10. The summed E-state index contributed by atoms with van der Waals surface area (Å²) in [5, 5.41) is 15.5. The van der Waals surface area contributed by atoms with Crippen molar-refractivity contribution in [1.29, 1.82) is 0 Å². The summed E-state index contributed by atoms with van der Waals surface area (Å²) in [5.41, 5.74) is 4.09. The number of thiazole rings is 1. The number of hydrogen-bond donors (Lipinski definition) is 4. The molecule has 36 heavy (non-hydrogen) atoms. The van der Waals surface area contributed by atoms with Crippen LogP contribution in [0.3, 0.4) is 0 Å². The number of rotatable bonds is 8. The average molecular weight is 508 g/mol. The molecule has 4 N–H and O–H groups in total. The molecule has 0 atom stereocenters. The molecule has 10 heteroatoms. The standard InChI is InChI=1S/C26H30FN7OS/c1-25(2)19-6-5-17(11-15(19)7-10-29-25)31-23-28-12-18(22(35)30-16-3-4-16)21(33-23)34-24-32-20(13-36-24)26(14-27)8-9-26/h5-6,11-13,16,29H,3-4,7-10,14H2,1-2H3,(H,30,35)(H2,28,31,32,33,34). The molecule has 0 bridgehead atoms. The van der Waals surface area contributed by atoms with Crippen molar-refractivity contribution in [2.75, 3.05) is 23.9 Å². The highest BCUT2D eigenvalue weighted by Gasteiger charge is 2.46. The van der Waals surface area contributed by atoms with E-state index in [1.807, 2.05) is 11.4 Å². The quantitative estimate of drug-likeness (QED) is 0.351. The van der Waals surface area contributed by atoms with E-state index in [0.717, 1.165) is 50.0 Å². The normalized spacial score (nSPS) is 19.3. The number of halogens is 1. The van der Waals surface area contributed by atoms with Gasteiger partial charge in [0.05, 0.1) is 5.69 Å². The fraction of sp³-hybridized carbons (Fsp3) is 0.462. The zero-order valence-electron chi connectivity index (χ0n) is 20.4. The van der Waals surface area contributed by atoms with E-state index in [2.05, 4.69) is 62.2 Å². The number of carbonyl (C=O) groups is 1. The highest BCUT2D eigenvalue weighted by atomic mass is 32.1. The van der Waals surface area contributed by atoms with Gasteiger partial charge in [-0.2, -0.15) is 4.98 Å². The van der Waals surface area contributed by atoms with E-state index in [0.29, 0.717) is 22.5 Å². The van der Waals surface area contributed by atoms with Crippen LogP contribution in [0.5, 0.6) is 0 Å². The van der Waals surface area contributed by atoms with Gasteiger partial charge in [0.25, 0.3) is 5.91 Å². The third-order valence-corrected chi connectivity index (χ3v) is 8.08. The third kappa shape index (κ3) is 4.55. The van der Waals surface area contributed by atoms with Crippen molar-refractivity contribution >= 4 is 39.8 Å². The minimum absolute atomic E-state index is 0.0654. The maximum absolute atomic E-state index is 13.5. The van der Waals surface area contributed by atoms with Gasteiger partial charge < -0.3 is 21.3 Å². The molecule has 2 aliphatic carbocycles. The van der Waals surface area contributed by atoms with Gasteiger partial charge in [0.2, 0.25) is 5.95 Å². The Morgan fingerprint density at radius 2 is 2.06 bits per heavy atom. The van der Waals surface area contributed by atoms with E-state index in [1.54, 1.807) is 6.20 Å². The Bertz CT molecular complexity index is 1320. The molecule has 0 spiro atoms. The van der Waals surface area contributed by atoms with Crippen LogP contribution in [-0.4, -0.2) is 40.1 Å². The van der Waals surface area contributed by atoms with Crippen molar-refractivity contribution < 1.29 is 9.18 Å². The number of anilines is 4. The highest BCUT2D eigenvalue weighted by Crippen LogP contribution is 2.49. The van der Waals surface area contributed by atoms with Crippen molar-refractivity contribution in [1.82, 2.24) is 25.6 Å². The van der Waals surface area contributed by atoms with Crippen LogP contribution in [0, 0.1) is 0 Å². The first-order valence-corrected chi connectivity index (χ1v) is 13.4. The lowest BCUT2D eigenvalue weighted by Gasteiger charge is -2.34. The predicted octanol–water partition coefficient (Wildman–Crippen LogP) is 4.69. The molecule has 3 aromatic rings. The molecular formula is C26H30FN7OS. The number of nitrogens with one attached hydrogen (secondary N) is 4. The van der Waals surface area contributed by atoms with Gasteiger partial charge in [0, 0.05) is 34.3 Å². The summed E-state index contributed by atoms with van der Waals surface area (Å²) >= 11 is 1.39. The van der Waals surface area contributed by atoms with Gasteiger partial charge in [-0.1, -0.05) is 6.07 Å². The van der Waals surface area contributed by atoms with Gasteiger partial charge in [0.15, 0.2) is 10.9 Å². The second-order valence-corrected chi connectivity index (χ2v) is 11.4. The summed E-state index contributed by atoms with van der Waals surface area (Å²) in [6.45, 7) is 4.90. The second-order valence-electron chi connectivity index (χ2n) is 10.6. The van der Waals surface area contributed by atoms with Crippen molar-refractivity contribution in [2.45, 2.75) is 62.9 Å². The molecule has 2 aromatic heterocycles. The van der Waals surface area contributed by atoms with E-state index in [4.69, 9.17) is 0 Å². The van der Waals surface area contributed by atoms with E-state index >= 15 is 0 Å². The summed E-state index contributed by atoms with van der Waals surface area (Å²) in [7, 11) is 0. The molecule has 8 nitrogen and oxygen atoms in total. The molecule has 3 aliphatic rings. The van der Waals surface area contributed by atoms with Gasteiger partial charge in [0.1, 0.15) is 12.2 Å². The van der Waals surface area contributed by atoms with Crippen LogP contribution in [0.1, 0.15) is 66.7 Å². The molecule has 1 aromatic carbocycles. The molecule has 2 fully saturated rings. The zero-order chi connectivity index (χ0) is 24.9. The van der Waals surface area contributed by atoms with Crippen molar-refractivity contribution in [3.05, 3.63) is 52.2 Å². The maximum atomic E-state index is 13.5. The first-order valence-electron chi connectivity index (χ1n) is 12.5. The van der Waals surface area contributed by atoms with E-state index < -0.39 is 12.1 Å². The van der Waals surface area contributed by atoms with Crippen LogP contribution in [0.15, 0.2) is 29.8 Å². The van der Waals surface area contributed by atoms with Gasteiger partial charge in [-0.15, -0.1) is 11.3 Å². The zero-order valence-corrected chi connectivity index (χ0v) is 21.3. The van der Waals surface area contributed by atoms with Crippen LogP contribution in [0.25, 0.3) is 0 Å². The second kappa shape index (κ2) is 8.77. The van der Waals surface area contributed by atoms with Crippen LogP contribution in [-0.2, 0) is 17.4 Å². The first kappa shape index (κ1) is 23.3. The number of carbonyl (C=O) groups excluding carboxylic acids is 1. The van der Waals surface area contributed by atoms with E-state index in [9.17, 15) is 9.18 Å². The Labute approximate surface area is 213 Å². The fourth-order valence-corrected chi connectivity index (χ4v) is 5.53. The van der Waals surface area contributed by atoms with Crippen LogP contribution >= 0.6 is 11.3 Å². The molecule has 2 saturated carbocycles.